The number of hydrogen-bond acceptors (Lipinski definition) is 10. The molecule has 3 aromatic carbocycles. The van der Waals surface area contributed by atoms with Gasteiger partial charge in [0.05, 0.1) is 40.1 Å². The maximum atomic E-state index is 12.8. The first-order chi connectivity index (χ1) is 26.3. The number of fused-ring (bicyclic) bond motifs is 2. The topological polar surface area (TPSA) is 118 Å². The number of aromatic nitrogens is 2. The molecule has 0 aliphatic carbocycles. The van der Waals surface area contributed by atoms with Crippen molar-refractivity contribution < 1.29 is 13.7 Å². The first-order valence-corrected chi connectivity index (χ1v) is 20.5. The van der Waals surface area contributed by atoms with E-state index in [2.05, 4.69) is 62.9 Å². The highest BCUT2D eigenvalue weighted by molar-refractivity contribution is 7.83. The summed E-state index contributed by atoms with van der Waals surface area (Å²) in [6.07, 6.45) is 4.22. The Hall–Kier alpha value is -4.19. The number of piperazine rings is 1. The molecule has 0 saturated carbocycles. The average molecular weight is 787 g/mol. The highest BCUT2D eigenvalue weighted by Gasteiger charge is 2.30. The number of thiol groups is 1. The zero-order chi connectivity index (χ0) is 38.0. The van der Waals surface area contributed by atoms with Gasteiger partial charge in [-0.05, 0) is 61.0 Å². The molecule has 284 valence electrons. The zero-order valence-electron chi connectivity index (χ0n) is 30.6. The van der Waals surface area contributed by atoms with Gasteiger partial charge in [0.1, 0.15) is 12.4 Å². The number of rotatable bonds is 12. The molecule has 2 atom stereocenters. The van der Waals surface area contributed by atoms with Crippen LogP contribution in [0.3, 0.4) is 0 Å². The van der Waals surface area contributed by atoms with E-state index in [-0.39, 0.29) is 11.9 Å². The lowest BCUT2D eigenvalue weighted by Gasteiger charge is -2.38. The number of ether oxygens (including phenoxy) is 1. The molecule has 4 aromatic rings. The van der Waals surface area contributed by atoms with E-state index in [0.717, 1.165) is 81.4 Å². The summed E-state index contributed by atoms with van der Waals surface area (Å²) in [5.74, 6) is 1.37. The van der Waals surface area contributed by atoms with Crippen LogP contribution in [0.2, 0.25) is 5.02 Å². The Labute approximate surface area is 330 Å². The first kappa shape index (κ1) is 39.5. The number of nitrogens with one attached hydrogen (secondary N) is 1. The SMILES string of the molecule is C=CC(=O)N1CCN(c2nc(OCC3CCCN3CCS(=O)NCc3ccccc3S)nc3c2CCN(c2cccc4cccc(Cl)c24)C3)CC1.CC#N. The molecule has 2 fully saturated rings. The van der Waals surface area contributed by atoms with Gasteiger partial charge >= 0.3 is 6.01 Å². The third-order valence-electron chi connectivity index (χ3n) is 10.1. The minimum absolute atomic E-state index is 0.0449. The van der Waals surface area contributed by atoms with Crippen LogP contribution < -0.4 is 19.3 Å². The number of anilines is 2. The van der Waals surface area contributed by atoms with Crippen molar-refractivity contribution in [2.45, 2.75) is 50.2 Å². The van der Waals surface area contributed by atoms with Gasteiger partial charge in [-0.25, -0.2) is 8.93 Å². The van der Waals surface area contributed by atoms with Crippen LogP contribution in [-0.2, 0) is 35.3 Å². The Balaban J connectivity index is 0.00000160. The minimum atomic E-state index is -1.16. The average Bonchev–Trinajstić information content (AvgIpc) is 3.65. The Morgan fingerprint density at radius 3 is 2.59 bits per heavy atom. The second-order valence-electron chi connectivity index (χ2n) is 13.4. The lowest BCUT2D eigenvalue weighted by atomic mass is 10.0. The molecule has 1 N–H and O–H groups in total. The molecule has 1 aromatic heterocycles. The predicted octanol–water partition coefficient (Wildman–Crippen LogP) is 5.80. The molecule has 3 aliphatic rings. The van der Waals surface area contributed by atoms with Crippen LogP contribution in [0.25, 0.3) is 10.8 Å². The van der Waals surface area contributed by atoms with Gasteiger partial charge in [0.25, 0.3) is 0 Å². The number of likely N-dealkylation sites (tertiary alicyclic amines) is 1. The third kappa shape index (κ3) is 9.54. The molecular formula is C40H47ClN8O3S2. The Bertz CT molecular complexity index is 2010. The van der Waals surface area contributed by atoms with E-state index in [0.29, 0.717) is 64.2 Å². The van der Waals surface area contributed by atoms with Crippen molar-refractivity contribution in [2.75, 3.05) is 68.0 Å². The number of benzene rings is 3. The molecule has 2 saturated heterocycles. The fraction of sp³-hybridized carbons (Fsp3) is 0.400. The van der Waals surface area contributed by atoms with Crippen LogP contribution in [0.1, 0.15) is 36.6 Å². The van der Waals surface area contributed by atoms with Crippen LogP contribution in [0.4, 0.5) is 11.5 Å². The summed E-state index contributed by atoms with van der Waals surface area (Å²) < 4.78 is 22.4. The molecule has 4 heterocycles. The molecule has 14 heteroatoms. The lowest BCUT2D eigenvalue weighted by molar-refractivity contribution is -0.126. The number of amides is 1. The number of carbonyl (C=O) groups excluding carboxylic acids is 1. The van der Waals surface area contributed by atoms with E-state index in [4.69, 9.17) is 31.6 Å². The van der Waals surface area contributed by atoms with Crippen LogP contribution in [0.15, 0.2) is 78.2 Å². The summed E-state index contributed by atoms with van der Waals surface area (Å²) in [6.45, 7) is 11.7. The highest BCUT2D eigenvalue weighted by atomic mass is 35.5. The monoisotopic (exact) mass is 786 g/mol. The summed E-state index contributed by atoms with van der Waals surface area (Å²) in [6, 6.07) is 22.5. The van der Waals surface area contributed by atoms with Crippen molar-refractivity contribution in [2.24, 2.45) is 0 Å². The third-order valence-corrected chi connectivity index (χ3v) is 11.9. The zero-order valence-corrected chi connectivity index (χ0v) is 33.1. The van der Waals surface area contributed by atoms with Crippen LogP contribution in [0.5, 0.6) is 6.01 Å². The van der Waals surface area contributed by atoms with Gasteiger partial charge in [0.15, 0.2) is 0 Å². The molecule has 7 rings (SSSR count). The summed E-state index contributed by atoms with van der Waals surface area (Å²) in [4.78, 5) is 32.1. The Morgan fingerprint density at radius 2 is 1.83 bits per heavy atom. The number of halogens is 1. The molecule has 3 aliphatic heterocycles. The number of nitrogens with zero attached hydrogens (tertiary/aromatic N) is 7. The Kier molecular flexibility index (Phi) is 13.8. The molecule has 54 heavy (non-hydrogen) atoms. The van der Waals surface area contributed by atoms with Gasteiger partial charge in [-0.3, -0.25) is 9.69 Å². The maximum absolute atomic E-state index is 12.8. The first-order valence-electron chi connectivity index (χ1n) is 18.3. The van der Waals surface area contributed by atoms with E-state index in [9.17, 15) is 9.00 Å². The van der Waals surface area contributed by atoms with E-state index in [1.807, 2.05) is 41.3 Å². The van der Waals surface area contributed by atoms with Gasteiger partial charge in [0, 0.05) is 80.3 Å². The van der Waals surface area contributed by atoms with Crippen LogP contribution in [0, 0.1) is 11.3 Å². The normalized spacial score (nSPS) is 17.7. The molecule has 11 nitrogen and oxygen atoms in total. The number of nitriles is 1. The molecule has 0 radical (unpaired) electrons. The molecular weight excluding hydrogens is 740 g/mol. The molecule has 1 amide bonds. The summed E-state index contributed by atoms with van der Waals surface area (Å²) >= 11 is 11.2. The Morgan fingerprint density at radius 1 is 1.07 bits per heavy atom. The van der Waals surface area contributed by atoms with Crippen molar-refractivity contribution in [1.29, 1.82) is 5.26 Å². The lowest BCUT2D eigenvalue weighted by Crippen LogP contribution is -2.49. The smallest absolute Gasteiger partial charge is 0.318 e. The number of hydrogen-bond donors (Lipinski definition) is 2. The van der Waals surface area contributed by atoms with Crippen molar-refractivity contribution in [3.05, 3.63) is 95.2 Å². The second kappa shape index (κ2) is 18.9. The summed E-state index contributed by atoms with van der Waals surface area (Å²) in [7, 11) is -1.16. The maximum Gasteiger partial charge on any atom is 0.318 e. The van der Waals surface area contributed by atoms with Crippen LogP contribution in [-0.4, -0.2) is 94.1 Å². The van der Waals surface area contributed by atoms with Crippen molar-refractivity contribution in [1.82, 2.24) is 24.5 Å². The fourth-order valence-electron chi connectivity index (χ4n) is 7.37. The fourth-order valence-corrected chi connectivity index (χ4v) is 8.75. The number of carbonyl (C=O) groups is 1. The molecule has 0 bridgehead atoms. The molecule has 2 unspecified atom stereocenters. The quantitative estimate of drug-likeness (QED) is 0.136. The highest BCUT2D eigenvalue weighted by Crippen LogP contribution is 2.37. The summed E-state index contributed by atoms with van der Waals surface area (Å²) in [5, 5.41) is 10.2. The predicted molar refractivity (Wildman–Crippen MR) is 220 cm³/mol. The van der Waals surface area contributed by atoms with E-state index in [1.54, 1.807) is 6.07 Å². The van der Waals surface area contributed by atoms with Gasteiger partial charge in [-0.2, -0.15) is 15.2 Å². The van der Waals surface area contributed by atoms with Gasteiger partial charge in [0.2, 0.25) is 5.91 Å². The largest absolute Gasteiger partial charge is 0.462 e. The van der Waals surface area contributed by atoms with E-state index < -0.39 is 11.0 Å². The van der Waals surface area contributed by atoms with Crippen molar-refractivity contribution in [3.8, 4) is 12.1 Å². The standard InChI is InChI=1S/C38H44ClN7O3S2.C2H3N/c1-2-35(47)44-18-20-45(21-19-44)37-30-15-17-46(33-13-6-10-27-9-5-12-31(39)36(27)33)25-32(30)41-38(42-37)49-26-29-11-7-16-43(29)22-23-51(48)40-24-28-8-3-4-14-34(28)50;1-2-3/h2-6,8-10,12-14,29,40,50H,1,7,11,15-26H2;1H3. The van der Waals surface area contributed by atoms with Crippen molar-refractivity contribution >= 4 is 63.4 Å². The van der Waals surface area contributed by atoms with Crippen molar-refractivity contribution in [3.63, 3.8) is 0 Å². The van der Waals surface area contributed by atoms with E-state index in [1.165, 1.54) is 13.0 Å². The van der Waals surface area contributed by atoms with Gasteiger partial charge in [-0.15, -0.1) is 12.6 Å². The molecule has 0 spiro atoms. The van der Waals surface area contributed by atoms with Gasteiger partial charge in [-0.1, -0.05) is 60.6 Å². The van der Waals surface area contributed by atoms with E-state index >= 15 is 0 Å². The minimum Gasteiger partial charge on any atom is -0.462 e. The van der Waals surface area contributed by atoms with Crippen LogP contribution >= 0.6 is 24.2 Å². The summed E-state index contributed by atoms with van der Waals surface area (Å²) in [5.41, 5.74) is 4.20. The second-order valence-corrected chi connectivity index (χ2v) is 15.7. The van der Waals surface area contributed by atoms with Gasteiger partial charge < -0.3 is 19.4 Å².